The molecule has 3 N–H and O–H groups in total. The molecule has 1 saturated heterocycles. The van der Waals surface area contributed by atoms with Crippen LogP contribution in [-0.4, -0.2) is 50.8 Å². The molecule has 0 bridgehead atoms. The van der Waals surface area contributed by atoms with E-state index in [1.54, 1.807) is 40.0 Å². The van der Waals surface area contributed by atoms with Crippen LogP contribution in [0.25, 0.3) is 28.0 Å². The summed E-state index contributed by atoms with van der Waals surface area (Å²) in [5, 5.41) is 14.0. The standard InChI is InChI=1S/C33H34ClF2N7O3/c1-16(2)27-29(17(3)7-8-40-27)43-30-19(13-21(34)28(41-30)26-22(36)11-18(35)12-23(26)38)25(20(14-37)31(43)44)24-15-39-9-10-42(24)32(45)46-33(4,5)6/h7-8,11-13,16,24,39H,9-10,15,38H2,1-6H3. The van der Waals surface area contributed by atoms with Gasteiger partial charge < -0.3 is 15.8 Å². The van der Waals surface area contributed by atoms with Crippen LogP contribution < -0.4 is 16.6 Å². The number of pyridine rings is 3. The second kappa shape index (κ2) is 12.3. The zero-order valence-electron chi connectivity index (χ0n) is 26.3. The summed E-state index contributed by atoms with van der Waals surface area (Å²) in [5.41, 5.74) is 5.53. The summed E-state index contributed by atoms with van der Waals surface area (Å²) in [7, 11) is 0. The minimum absolute atomic E-state index is 0.0224. The predicted molar refractivity (Wildman–Crippen MR) is 172 cm³/mol. The van der Waals surface area contributed by atoms with E-state index in [2.05, 4.69) is 16.4 Å². The first-order valence-electron chi connectivity index (χ1n) is 14.7. The number of nitriles is 1. The quantitative estimate of drug-likeness (QED) is 0.251. The molecule has 1 atom stereocenters. The maximum Gasteiger partial charge on any atom is 0.410 e. The van der Waals surface area contributed by atoms with Crippen LogP contribution in [-0.2, 0) is 4.74 Å². The summed E-state index contributed by atoms with van der Waals surface area (Å²) in [6.07, 6.45) is 1.000. The van der Waals surface area contributed by atoms with E-state index < -0.39 is 34.9 Å². The van der Waals surface area contributed by atoms with Crippen molar-refractivity contribution in [3.63, 3.8) is 0 Å². The van der Waals surface area contributed by atoms with E-state index in [4.69, 9.17) is 27.1 Å². The molecule has 4 heterocycles. The van der Waals surface area contributed by atoms with Crippen LogP contribution >= 0.6 is 11.6 Å². The monoisotopic (exact) mass is 649 g/mol. The molecule has 0 saturated carbocycles. The topological polar surface area (TPSA) is 139 Å². The van der Waals surface area contributed by atoms with Crippen molar-refractivity contribution in [2.75, 3.05) is 25.4 Å². The molecule has 3 aromatic heterocycles. The number of nitrogen functional groups attached to an aromatic ring is 1. The van der Waals surface area contributed by atoms with E-state index in [0.717, 1.165) is 6.07 Å². The summed E-state index contributed by atoms with van der Waals surface area (Å²) < 4.78 is 36.3. The smallest absolute Gasteiger partial charge is 0.410 e. The number of ether oxygens (including phenoxy) is 1. The number of amides is 1. The minimum atomic E-state index is -0.998. The molecule has 240 valence electrons. The molecule has 4 aromatic rings. The first kappa shape index (κ1) is 32.8. The summed E-state index contributed by atoms with van der Waals surface area (Å²) in [6.45, 7) is 11.7. The zero-order valence-corrected chi connectivity index (χ0v) is 27.1. The Morgan fingerprint density at radius 3 is 2.61 bits per heavy atom. The van der Waals surface area contributed by atoms with Crippen molar-refractivity contribution >= 4 is 34.4 Å². The van der Waals surface area contributed by atoms with Crippen molar-refractivity contribution in [2.24, 2.45) is 0 Å². The second-order valence-corrected chi connectivity index (χ2v) is 12.9. The van der Waals surface area contributed by atoms with E-state index in [-0.39, 0.29) is 63.1 Å². The Morgan fingerprint density at radius 2 is 1.98 bits per heavy atom. The van der Waals surface area contributed by atoms with Gasteiger partial charge in [0.1, 0.15) is 34.5 Å². The molecule has 1 aliphatic rings. The van der Waals surface area contributed by atoms with Crippen LogP contribution in [0.3, 0.4) is 0 Å². The van der Waals surface area contributed by atoms with E-state index >= 15 is 4.39 Å². The molecule has 13 heteroatoms. The van der Waals surface area contributed by atoms with Gasteiger partial charge in [0.15, 0.2) is 0 Å². The van der Waals surface area contributed by atoms with Crippen molar-refractivity contribution in [3.8, 4) is 23.0 Å². The molecule has 1 unspecified atom stereocenters. The van der Waals surface area contributed by atoms with Gasteiger partial charge in [-0.1, -0.05) is 25.4 Å². The number of hydrogen-bond acceptors (Lipinski definition) is 8. The lowest BCUT2D eigenvalue weighted by Crippen LogP contribution is -2.50. The van der Waals surface area contributed by atoms with Gasteiger partial charge >= 0.3 is 6.09 Å². The zero-order chi connectivity index (χ0) is 33.7. The average molecular weight is 650 g/mol. The Labute approximate surface area is 269 Å². The third kappa shape index (κ3) is 5.88. The maximum absolute atomic E-state index is 15.3. The molecule has 1 amide bonds. The van der Waals surface area contributed by atoms with Gasteiger partial charge in [-0.15, -0.1) is 0 Å². The highest BCUT2D eigenvalue weighted by molar-refractivity contribution is 6.34. The third-order valence-corrected chi connectivity index (χ3v) is 8.00. The summed E-state index contributed by atoms with van der Waals surface area (Å²) in [4.78, 5) is 38.7. The molecular formula is C33H34ClF2N7O3. The average Bonchev–Trinajstić information content (AvgIpc) is 2.96. The van der Waals surface area contributed by atoms with Crippen molar-refractivity contribution in [3.05, 3.63) is 79.9 Å². The lowest BCUT2D eigenvalue weighted by Gasteiger charge is -2.38. The van der Waals surface area contributed by atoms with Crippen molar-refractivity contribution in [1.29, 1.82) is 5.26 Å². The molecule has 46 heavy (non-hydrogen) atoms. The van der Waals surface area contributed by atoms with Crippen molar-refractivity contribution in [2.45, 2.75) is 59.1 Å². The highest BCUT2D eigenvalue weighted by Gasteiger charge is 2.36. The van der Waals surface area contributed by atoms with Gasteiger partial charge in [-0.3, -0.25) is 19.2 Å². The number of aromatic nitrogens is 3. The number of nitrogens with two attached hydrogens (primary N) is 1. The van der Waals surface area contributed by atoms with Crippen molar-refractivity contribution < 1.29 is 18.3 Å². The first-order chi connectivity index (χ1) is 21.6. The van der Waals surface area contributed by atoms with Gasteiger partial charge in [0.25, 0.3) is 5.56 Å². The first-order valence-corrected chi connectivity index (χ1v) is 15.1. The van der Waals surface area contributed by atoms with Gasteiger partial charge in [0, 0.05) is 48.5 Å². The lowest BCUT2D eigenvalue weighted by atomic mass is 9.94. The predicted octanol–water partition coefficient (Wildman–Crippen LogP) is 6.15. The third-order valence-electron chi connectivity index (χ3n) is 7.71. The highest BCUT2D eigenvalue weighted by Crippen LogP contribution is 2.39. The van der Waals surface area contributed by atoms with Gasteiger partial charge in [0.05, 0.1) is 33.7 Å². The van der Waals surface area contributed by atoms with Crippen LogP contribution in [0.4, 0.5) is 19.3 Å². The largest absolute Gasteiger partial charge is 0.444 e. The number of nitrogens with one attached hydrogen (secondary N) is 1. The summed E-state index contributed by atoms with van der Waals surface area (Å²) in [6, 6.07) is 6.05. The van der Waals surface area contributed by atoms with Gasteiger partial charge in [-0.05, 0) is 57.4 Å². The van der Waals surface area contributed by atoms with E-state index in [1.165, 1.54) is 15.5 Å². The van der Waals surface area contributed by atoms with Crippen LogP contribution in [0.1, 0.15) is 69.0 Å². The number of piperazine rings is 1. The Bertz CT molecular complexity index is 1960. The fourth-order valence-electron chi connectivity index (χ4n) is 5.77. The summed E-state index contributed by atoms with van der Waals surface area (Å²) >= 11 is 6.78. The van der Waals surface area contributed by atoms with Gasteiger partial charge in [0.2, 0.25) is 0 Å². The Balaban J connectivity index is 1.95. The Hall–Kier alpha value is -4.60. The molecule has 10 nitrogen and oxygen atoms in total. The number of aryl methyl sites for hydroxylation is 1. The number of hydrogen-bond donors (Lipinski definition) is 2. The van der Waals surface area contributed by atoms with Crippen LogP contribution in [0, 0.1) is 29.9 Å². The second-order valence-electron chi connectivity index (χ2n) is 12.5. The fourth-order valence-corrected chi connectivity index (χ4v) is 6.02. The highest BCUT2D eigenvalue weighted by atomic mass is 35.5. The molecule has 5 rings (SSSR count). The Kier molecular flexibility index (Phi) is 8.77. The molecule has 1 aromatic carbocycles. The normalized spacial score (nSPS) is 15.3. The molecule has 1 aliphatic heterocycles. The van der Waals surface area contributed by atoms with Crippen LogP contribution in [0.5, 0.6) is 0 Å². The van der Waals surface area contributed by atoms with E-state index in [1.807, 2.05) is 13.8 Å². The fraction of sp³-hybridized carbons (Fsp3) is 0.364. The lowest BCUT2D eigenvalue weighted by molar-refractivity contribution is 0.0119. The number of benzene rings is 1. The van der Waals surface area contributed by atoms with Crippen LogP contribution in [0.15, 0.2) is 35.3 Å². The maximum atomic E-state index is 15.3. The number of carbonyl (C=O) groups is 1. The van der Waals surface area contributed by atoms with Crippen LogP contribution in [0.2, 0.25) is 5.02 Å². The number of halogens is 3. The summed E-state index contributed by atoms with van der Waals surface area (Å²) in [5.74, 6) is -2.03. The number of rotatable bonds is 4. The molecule has 1 fully saturated rings. The van der Waals surface area contributed by atoms with Gasteiger partial charge in [-0.25, -0.2) is 18.6 Å². The number of anilines is 1. The molecule has 0 radical (unpaired) electrons. The van der Waals surface area contributed by atoms with Crippen molar-refractivity contribution in [1.82, 2.24) is 24.8 Å². The SMILES string of the molecule is Cc1ccnc(C(C)C)c1-n1c(=O)c(C#N)c(C2CNCCN2C(=O)OC(C)(C)C)c2cc(Cl)c(-c3c(N)cc(F)cc3F)nc21. The molecule has 0 aliphatic carbocycles. The molecular weight excluding hydrogens is 616 g/mol. The number of fused-ring (bicyclic) bond motifs is 1. The van der Waals surface area contributed by atoms with E-state index in [9.17, 15) is 19.2 Å². The Morgan fingerprint density at radius 1 is 1.26 bits per heavy atom. The minimum Gasteiger partial charge on any atom is -0.444 e. The number of nitrogens with zero attached hydrogens (tertiary/aromatic N) is 5. The number of carbonyl (C=O) groups excluding carboxylic acids is 1. The van der Waals surface area contributed by atoms with Gasteiger partial charge in [-0.2, -0.15) is 5.26 Å². The van der Waals surface area contributed by atoms with E-state index in [0.29, 0.717) is 29.6 Å². The molecule has 0 spiro atoms.